The Balaban J connectivity index is 2.49. The van der Waals surface area contributed by atoms with E-state index in [-0.39, 0.29) is 18.1 Å². The Bertz CT molecular complexity index is 514. The number of ether oxygens (including phenoxy) is 1. The maximum atomic E-state index is 11.6. The van der Waals surface area contributed by atoms with Gasteiger partial charge in [0, 0.05) is 24.9 Å². The Morgan fingerprint density at radius 2 is 1.87 bits per heavy atom. The van der Waals surface area contributed by atoms with E-state index < -0.39 is 0 Å². The first-order valence-electron chi connectivity index (χ1n) is 7.62. The summed E-state index contributed by atoms with van der Waals surface area (Å²) >= 11 is 0. The van der Waals surface area contributed by atoms with Crippen LogP contribution < -0.4 is 21.7 Å². The molecule has 0 saturated heterocycles. The third-order valence-electron chi connectivity index (χ3n) is 2.87. The molecule has 1 unspecified atom stereocenters. The minimum atomic E-state index is -0.216. The number of nitrogens with two attached hydrogens (primary N) is 1. The number of nitrogens with one attached hydrogen (secondary N) is 3. The minimum Gasteiger partial charge on any atom is -0.383 e. The molecule has 5 N–H and O–H groups in total. The molecule has 128 valence electrons. The van der Waals surface area contributed by atoms with E-state index in [0.29, 0.717) is 19.1 Å². The van der Waals surface area contributed by atoms with Crippen molar-refractivity contribution in [3.63, 3.8) is 0 Å². The number of hydrogen-bond acceptors (Lipinski definition) is 3. The van der Waals surface area contributed by atoms with Gasteiger partial charge in [0.2, 0.25) is 0 Å². The molecule has 23 heavy (non-hydrogen) atoms. The standard InChI is InChI=1S/C16H27N5O2/c1-11(2)19-16(22)21-14-7-5-13(6-8-14)9-18-15(17)20-12(3)10-23-4/h5-8,11-12H,9-10H2,1-4H3,(H3,17,18,20)(H2,19,21,22). The normalized spacial score (nSPS) is 12.8. The molecule has 2 amide bonds. The Kier molecular flexibility index (Phi) is 7.90. The Labute approximate surface area is 137 Å². The predicted octanol–water partition coefficient (Wildman–Crippen LogP) is 1.66. The fourth-order valence-corrected chi connectivity index (χ4v) is 1.89. The van der Waals surface area contributed by atoms with E-state index in [0.717, 1.165) is 11.3 Å². The van der Waals surface area contributed by atoms with Crippen LogP contribution in [-0.2, 0) is 11.3 Å². The van der Waals surface area contributed by atoms with Gasteiger partial charge < -0.3 is 26.4 Å². The second-order valence-electron chi connectivity index (χ2n) is 5.65. The topological polar surface area (TPSA) is 101 Å². The van der Waals surface area contributed by atoms with Crippen molar-refractivity contribution in [2.45, 2.75) is 39.4 Å². The summed E-state index contributed by atoms with van der Waals surface area (Å²) in [7, 11) is 1.64. The van der Waals surface area contributed by atoms with Crippen LogP contribution in [0.1, 0.15) is 26.3 Å². The van der Waals surface area contributed by atoms with E-state index >= 15 is 0 Å². The third kappa shape index (κ3) is 8.06. The lowest BCUT2D eigenvalue weighted by Crippen LogP contribution is -2.40. The van der Waals surface area contributed by atoms with Crippen LogP contribution in [0.2, 0.25) is 0 Å². The number of amides is 2. The number of aliphatic imine (C=N–C) groups is 1. The van der Waals surface area contributed by atoms with Crippen LogP contribution in [0.5, 0.6) is 0 Å². The Morgan fingerprint density at radius 3 is 2.43 bits per heavy atom. The molecule has 0 saturated carbocycles. The second kappa shape index (κ2) is 9.68. The molecule has 0 radical (unpaired) electrons. The van der Waals surface area contributed by atoms with Crippen molar-refractivity contribution in [2.75, 3.05) is 19.0 Å². The minimum absolute atomic E-state index is 0.0968. The second-order valence-corrected chi connectivity index (χ2v) is 5.65. The van der Waals surface area contributed by atoms with Gasteiger partial charge in [0.15, 0.2) is 5.96 Å². The van der Waals surface area contributed by atoms with Gasteiger partial charge in [-0.05, 0) is 38.5 Å². The Hall–Kier alpha value is -2.28. The van der Waals surface area contributed by atoms with E-state index in [2.05, 4.69) is 20.9 Å². The summed E-state index contributed by atoms with van der Waals surface area (Å²) in [5, 5.41) is 8.58. The fourth-order valence-electron chi connectivity index (χ4n) is 1.89. The molecule has 0 fully saturated rings. The highest BCUT2D eigenvalue weighted by Gasteiger charge is 2.04. The Morgan fingerprint density at radius 1 is 1.22 bits per heavy atom. The summed E-state index contributed by atoms with van der Waals surface area (Å²) in [6.45, 7) is 6.82. The maximum absolute atomic E-state index is 11.6. The number of carbonyl (C=O) groups is 1. The summed E-state index contributed by atoms with van der Waals surface area (Å²) in [6.07, 6.45) is 0. The van der Waals surface area contributed by atoms with Crippen molar-refractivity contribution in [3.05, 3.63) is 29.8 Å². The van der Waals surface area contributed by atoms with Gasteiger partial charge >= 0.3 is 6.03 Å². The summed E-state index contributed by atoms with van der Waals surface area (Å²) in [5.41, 5.74) is 7.55. The number of carbonyl (C=O) groups excluding carboxylic acids is 1. The highest BCUT2D eigenvalue weighted by molar-refractivity contribution is 5.89. The summed E-state index contributed by atoms with van der Waals surface area (Å²) in [5.74, 6) is 0.382. The molecular formula is C16H27N5O2. The third-order valence-corrected chi connectivity index (χ3v) is 2.87. The molecular weight excluding hydrogens is 294 g/mol. The van der Waals surface area contributed by atoms with Gasteiger partial charge in [-0.3, -0.25) is 0 Å². The summed E-state index contributed by atoms with van der Waals surface area (Å²) in [4.78, 5) is 15.9. The number of methoxy groups -OCH3 is 1. The maximum Gasteiger partial charge on any atom is 0.319 e. The quantitative estimate of drug-likeness (QED) is 0.453. The molecule has 0 aliphatic heterocycles. The van der Waals surface area contributed by atoms with Crippen molar-refractivity contribution in [2.24, 2.45) is 10.7 Å². The first kappa shape index (κ1) is 18.8. The summed E-state index contributed by atoms with van der Waals surface area (Å²) in [6, 6.07) is 7.46. The zero-order valence-corrected chi connectivity index (χ0v) is 14.2. The van der Waals surface area contributed by atoms with Gasteiger partial charge in [0.25, 0.3) is 0 Å². The molecule has 0 aliphatic carbocycles. The van der Waals surface area contributed by atoms with Gasteiger partial charge in [-0.25, -0.2) is 9.79 Å². The number of nitrogens with zero attached hydrogens (tertiary/aromatic N) is 1. The van der Waals surface area contributed by atoms with Crippen molar-refractivity contribution < 1.29 is 9.53 Å². The van der Waals surface area contributed by atoms with Gasteiger partial charge in [-0.15, -0.1) is 0 Å². The first-order chi connectivity index (χ1) is 10.9. The zero-order chi connectivity index (χ0) is 17.2. The molecule has 7 heteroatoms. The van der Waals surface area contributed by atoms with E-state index in [1.165, 1.54) is 0 Å². The largest absolute Gasteiger partial charge is 0.383 e. The van der Waals surface area contributed by atoms with Crippen LogP contribution in [-0.4, -0.2) is 37.8 Å². The number of anilines is 1. The number of guanidine groups is 1. The number of benzene rings is 1. The van der Waals surface area contributed by atoms with E-state index in [1.807, 2.05) is 45.0 Å². The van der Waals surface area contributed by atoms with Crippen molar-refractivity contribution >= 4 is 17.7 Å². The van der Waals surface area contributed by atoms with Gasteiger partial charge in [0.1, 0.15) is 0 Å². The van der Waals surface area contributed by atoms with Gasteiger partial charge in [-0.1, -0.05) is 12.1 Å². The lowest BCUT2D eigenvalue weighted by molar-refractivity contribution is 0.179. The molecule has 0 heterocycles. The molecule has 1 aromatic carbocycles. The number of rotatable bonds is 7. The molecule has 0 aromatic heterocycles. The molecule has 0 spiro atoms. The van der Waals surface area contributed by atoms with Gasteiger partial charge in [-0.2, -0.15) is 0 Å². The average molecular weight is 321 g/mol. The van der Waals surface area contributed by atoms with Crippen molar-refractivity contribution in [1.82, 2.24) is 10.6 Å². The first-order valence-corrected chi connectivity index (χ1v) is 7.62. The molecule has 0 bridgehead atoms. The van der Waals surface area contributed by atoms with Crippen LogP contribution in [0.3, 0.4) is 0 Å². The monoisotopic (exact) mass is 321 g/mol. The van der Waals surface area contributed by atoms with Gasteiger partial charge in [0.05, 0.1) is 13.2 Å². The van der Waals surface area contributed by atoms with Crippen LogP contribution in [0, 0.1) is 0 Å². The van der Waals surface area contributed by atoms with Crippen LogP contribution in [0.4, 0.5) is 10.5 Å². The summed E-state index contributed by atoms with van der Waals surface area (Å²) < 4.78 is 5.02. The highest BCUT2D eigenvalue weighted by atomic mass is 16.5. The lowest BCUT2D eigenvalue weighted by Gasteiger charge is -2.13. The van der Waals surface area contributed by atoms with Crippen LogP contribution in [0.25, 0.3) is 0 Å². The van der Waals surface area contributed by atoms with Crippen LogP contribution in [0.15, 0.2) is 29.3 Å². The average Bonchev–Trinajstić information content (AvgIpc) is 2.45. The molecule has 7 nitrogen and oxygen atoms in total. The molecule has 1 aromatic rings. The lowest BCUT2D eigenvalue weighted by atomic mass is 10.2. The van der Waals surface area contributed by atoms with E-state index in [9.17, 15) is 4.79 Å². The molecule has 1 atom stereocenters. The predicted molar refractivity (Wildman–Crippen MR) is 93.5 cm³/mol. The smallest absolute Gasteiger partial charge is 0.319 e. The number of urea groups is 1. The number of hydrogen-bond donors (Lipinski definition) is 4. The van der Waals surface area contributed by atoms with E-state index in [1.54, 1.807) is 7.11 Å². The van der Waals surface area contributed by atoms with Crippen molar-refractivity contribution in [3.8, 4) is 0 Å². The highest BCUT2D eigenvalue weighted by Crippen LogP contribution is 2.10. The van der Waals surface area contributed by atoms with Crippen molar-refractivity contribution in [1.29, 1.82) is 0 Å². The molecule has 1 rings (SSSR count). The van der Waals surface area contributed by atoms with E-state index in [4.69, 9.17) is 10.5 Å². The zero-order valence-electron chi connectivity index (χ0n) is 14.2. The molecule has 0 aliphatic rings. The fraction of sp³-hybridized carbons (Fsp3) is 0.500. The SMILES string of the molecule is COCC(C)NC(N)=NCc1ccc(NC(=O)NC(C)C)cc1. The van der Waals surface area contributed by atoms with Crippen LogP contribution >= 0.6 is 0 Å².